The van der Waals surface area contributed by atoms with Crippen molar-refractivity contribution in [1.82, 2.24) is 15.1 Å². The zero-order valence-corrected chi connectivity index (χ0v) is 14.0. The van der Waals surface area contributed by atoms with Crippen LogP contribution in [0.1, 0.15) is 48.0 Å². The van der Waals surface area contributed by atoms with E-state index in [9.17, 15) is 0 Å². The van der Waals surface area contributed by atoms with Crippen molar-refractivity contribution in [2.45, 2.75) is 59.5 Å². The first-order valence-corrected chi connectivity index (χ1v) is 8.05. The topological polar surface area (TPSA) is 18.5 Å². The fourth-order valence-corrected chi connectivity index (χ4v) is 2.72. The maximum atomic E-state index is 3.70. The maximum absolute atomic E-state index is 3.70. The average molecular weight is 269 g/mol. The molecule has 1 fully saturated rings. The first-order chi connectivity index (χ1) is 8.84. The fourth-order valence-electron chi connectivity index (χ4n) is 2.72. The smallest absolute Gasteiger partial charge is 0.0217 e. The molecule has 3 heteroatoms. The number of nitrogens with one attached hydrogen (secondary N) is 1. The van der Waals surface area contributed by atoms with Crippen molar-refractivity contribution in [2.24, 2.45) is 5.92 Å². The van der Waals surface area contributed by atoms with Crippen LogP contribution in [0, 0.1) is 5.92 Å². The summed E-state index contributed by atoms with van der Waals surface area (Å²) in [7, 11) is 0. The summed E-state index contributed by atoms with van der Waals surface area (Å²) in [6, 6.07) is 0.640. The normalized spacial score (nSPS) is 21.0. The Balaban J connectivity index is 2.38. The molecule has 1 rings (SSSR count). The number of nitrogens with zero attached hydrogens (tertiary/aromatic N) is 2. The summed E-state index contributed by atoms with van der Waals surface area (Å²) in [5.41, 5.74) is 0.323. The molecule has 0 aromatic carbocycles. The Morgan fingerprint density at radius 3 is 2.05 bits per heavy atom. The van der Waals surface area contributed by atoms with Gasteiger partial charge in [-0.2, -0.15) is 0 Å². The van der Waals surface area contributed by atoms with Gasteiger partial charge in [-0.15, -0.1) is 0 Å². The van der Waals surface area contributed by atoms with Crippen molar-refractivity contribution < 1.29 is 0 Å². The van der Waals surface area contributed by atoms with E-state index in [4.69, 9.17) is 0 Å². The lowest BCUT2D eigenvalue weighted by Gasteiger charge is -2.43. The van der Waals surface area contributed by atoms with E-state index in [1.54, 1.807) is 0 Å². The molecule has 1 atom stereocenters. The van der Waals surface area contributed by atoms with Crippen molar-refractivity contribution in [1.29, 1.82) is 0 Å². The molecule has 1 saturated heterocycles. The minimum atomic E-state index is 0.323. The molecule has 0 saturated carbocycles. The molecular weight excluding hydrogens is 234 g/mol. The van der Waals surface area contributed by atoms with Crippen LogP contribution in [-0.4, -0.2) is 60.6 Å². The minimum absolute atomic E-state index is 0.323. The highest BCUT2D eigenvalue weighted by Gasteiger charge is 2.27. The van der Waals surface area contributed by atoms with Crippen LogP contribution in [0.2, 0.25) is 0 Å². The van der Waals surface area contributed by atoms with Crippen LogP contribution in [0.25, 0.3) is 0 Å². The lowest BCUT2D eigenvalue weighted by molar-refractivity contribution is 0.0554. The van der Waals surface area contributed by atoms with E-state index in [-0.39, 0.29) is 0 Å². The van der Waals surface area contributed by atoms with Crippen molar-refractivity contribution >= 4 is 0 Å². The molecule has 1 unspecified atom stereocenters. The van der Waals surface area contributed by atoms with Gasteiger partial charge in [0.2, 0.25) is 0 Å². The summed E-state index contributed by atoms with van der Waals surface area (Å²) in [6.07, 6.45) is 1.22. The highest BCUT2D eigenvalue weighted by Crippen LogP contribution is 2.16. The molecule has 0 aromatic heterocycles. The average Bonchev–Trinajstić information content (AvgIpc) is 2.33. The zero-order chi connectivity index (χ0) is 14.5. The van der Waals surface area contributed by atoms with E-state index >= 15 is 0 Å². The Morgan fingerprint density at radius 1 is 1.05 bits per heavy atom. The third-order valence-electron chi connectivity index (χ3n) is 4.24. The summed E-state index contributed by atoms with van der Waals surface area (Å²) in [5.74, 6) is 0.715. The molecule has 1 N–H and O–H groups in total. The van der Waals surface area contributed by atoms with Crippen LogP contribution in [0.5, 0.6) is 0 Å². The summed E-state index contributed by atoms with van der Waals surface area (Å²) in [4.78, 5) is 5.24. The standard InChI is InChI=1S/C16H35N3/c1-7-8-17-15(14(2)3)13-18-9-11-19(12-10-18)16(4,5)6/h14-15,17H,7-13H2,1-6H3. The predicted octanol–water partition coefficient (Wildman–Crippen LogP) is 2.43. The largest absolute Gasteiger partial charge is 0.312 e. The highest BCUT2D eigenvalue weighted by atomic mass is 15.3. The molecule has 0 aromatic rings. The number of hydrogen-bond donors (Lipinski definition) is 1. The third-order valence-corrected chi connectivity index (χ3v) is 4.24. The van der Waals surface area contributed by atoms with Crippen molar-refractivity contribution in [3.8, 4) is 0 Å². The van der Waals surface area contributed by atoms with E-state index in [1.807, 2.05) is 0 Å². The molecule has 0 amide bonds. The number of hydrogen-bond acceptors (Lipinski definition) is 3. The lowest BCUT2D eigenvalue weighted by Crippen LogP contribution is -2.56. The Hall–Kier alpha value is -0.120. The van der Waals surface area contributed by atoms with E-state index in [0.717, 1.165) is 6.54 Å². The number of rotatable bonds is 6. The summed E-state index contributed by atoms with van der Waals surface area (Å²) in [5, 5.41) is 3.70. The fraction of sp³-hybridized carbons (Fsp3) is 1.00. The van der Waals surface area contributed by atoms with Gasteiger partial charge in [0.05, 0.1) is 0 Å². The van der Waals surface area contributed by atoms with Crippen molar-refractivity contribution in [2.75, 3.05) is 39.3 Å². The van der Waals surface area contributed by atoms with Crippen molar-refractivity contribution in [3.05, 3.63) is 0 Å². The van der Waals surface area contributed by atoms with Gasteiger partial charge in [-0.3, -0.25) is 9.80 Å². The summed E-state index contributed by atoms with van der Waals surface area (Å²) < 4.78 is 0. The Labute approximate surface area is 120 Å². The van der Waals surface area contributed by atoms with Crippen LogP contribution >= 0.6 is 0 Å². The molecule has 0 bridgehead atoms. The molecule has 1 heterocycles. The van der Waals surface area contributed by atoms with Gasteiger partial charge in [0, 0.05) is 44.3 Å². The van der Waals surface area contributed by atoms with Gasteiger partial charge >= 0.3 is 0 Å². The molecule has 19 heavy (non-hydrogen) atoms. The van der Waals surface area contributed by atoms with E-state index in [1.165, 1.54) is 39.1 Å². The van der Waals surface area contributed by atoms with Crippen LogP contribution in [0.4, 0.5) is 0 Å². The van der Waals surface area contributed by atoms with Gasteiger partial charge in [-0.1, -0.05) is 20.8 Å². The SMILES string of the molecule is CCCNC(CN1CCN(C(C)(C)C)CC1)C(C)C. The zero-order valence-electron chi connectivity index (χ0n) is 14.0. The predicted molar refractivity (Wildman–Crippen MR) is 84.7 cm³/mol. The van der Waals surface area contributed by atoms with Gasteiger partial charge < -0.3 is 5.32 Å². The second-order valence-electron chi connectivity index (χ2n) is 7.26. The Morgan fingerprint density at radius 2 is 1.63 bits per heavy atom. The molecule has 114 valence electrons. The maximum Gasteiger partial charge on any atom is 0.0217 e. The molecule has 0 radical (unpaired) electrons. The lowest BCUT2D eigenvalue weighted by atomic mass is 10.0. The monoisotopic (exact) mass is 269 g/mol. The van der Waals surface area contributed by atoms with Crippen LogP contribution in [-0.2, 0) is 0 Å². The van der Waals surface area contributed by atoms with Gasteiger partial charge in [0.25, 0.3) is 0 Å². The van der Waals surface area contributed by atoms with E-state index in [0.29, 0.717) is 17.5 Å². The first-order valence-electron chi connectivity index (χ1n) is 8.05. The number of piperazine rings is 1. The molecule has 0 aliphatic carbocycles. The molecule has 1 aliphatic heterocycles. The Kier molecular flexibility index (Phi) is 6.78. The molecule has 1 aliphatic rings. The van der Waals surface area contributed by atoms with Crippen LogP contribution in [0.15, 0.2) is 0 Å². The minimum Gasteiger partial charge on any atom is -0.312 e. The molecule has 3 nitrogen and oxygen atoms in total. The van der Waals surface area contributed by atoms with Crippen LogP contribution < -0.4 is 5.32 Å². The Bertz CT molecular complexity index is 237. The second-order valence-corrected chi connectivity index (χ2v) is 7.26. The van der Waals surface area contributed by atoms with Gasteiger partial charge in [0.15, 0.2) is 0 Å². The van der Waals surface area contributed by atoms with Gasteiger partial charge in [-0.05, 0) is 39.7 Å². The van der Waals surface area contributed by atoms with E-state index < -0.39 is 0 Å². The first kappa shape index (κ1) is 16.9. The van der Waals surface area contributed by atoms with Gasteiger partial charge in [-0.25, -0.2) is 0 Å². The molecular formula is C16H35N3. The quantitative estimate of drug-likeness (QED) is 0.799. The van der Waals surface area contributed by atoms with Crippen molar-refractivity contribution in [3.63, 3.8) is 0 Å². The second kappa shape index (κ2) is 7.61. The summed E-state index contributed by atoms with van der Waals surface area (Å²) >= 11 is 0. The highest BCUT2D eigenvalue weighted by molar-refractivity contribution is 4.84. The van der Waals surface area contributed by atoms with Crippen LogP contribution in [0.3, 0.4) is 0 Å². The third kappa shape index (κ3) is 5.80. The van der Waals surface area contributed by atoms with Gasteiger partial charge in [0.1, 0.15) is 0 Å². The summed E-state index contributed by atoms with van der Waals surface area (Å²) in [6.45, 7) is 21.1. The molecule has 0 spiro atoms. The van der Waals surface area contributed by atoms with E-state index in [2.05, 4.69) is 56.7 Å².